The molecule has 6 nitrogen and oxygen atoms in total. The average molecular weight is 530 g/mol. The summed E-state index contributed by atoms with van der Waals surface area (Å²) < 4.78 is 44.5. The van der Waals surface area contributed by atoms with Crippen LogP contribution in [0.1, 0.15) is 48.2 Å². The van der Waals surface area contributed by atoms with Gasteiger partial charge in [0.2, 0.25) is 0 Å². The van der Waals surface area contributed by atoms with Gasteiger partial charge in [-0.3, -0.25) is 9.78 Å². The Kier molecular flexibility index (Phi) is 6.21. The van der Waals surface area contributed by atoms with Gasteiger partial charge < -0.3 is 11.1 Å². The fourth-order valence-corrected chi connectivity index (χ4v) is 5.49. The fraction of sp³-hybridized carbons (Fsp3) is 0.233. The van der Waals surface area contributed by atoms with Crippen LogP contribution in [0.25, 0.3) is 38.6 Å². The number of carbonyl (C=O) groups is 1. The molecule has 1 saturated carbocycles. The second-order valence-electron chi connectivity index (χ2n) is 9.95. The van der Waals surface area contributed by atoms with Gasteiger partial charge in [0.25, 0.3) is 5.91 Å². The van der Waals surface area contributed by atoms with Crippen molar-refractivity contribution in [1.29, 1.82) is 0 Å². The van der Waals surface area contributed by atoms with Crippen molar-refractivity contribution in [2.75, 3.05) is 5.32 Å². The van der Waals surface area contributed by atoms with Crippen LogP contribution in [0, 0.1) is 0 Å². The lowest BCUT2D eigenvalue weighted by molar-refractivity contribution is -0.140. The summed E-state index contributed by atoms with van der Waals surface area (Å²) in [7, 11) is 0. The van der Waals surface area contributed by atoms with E-state index >= 15 is 0 Å². The minimum absolute atomic E-state index is 0.0113. The average Bonchev–Trinajstić information content (AvgIpc) is 3.34. The van der Waals surface area contributed by atoms with E-state index in [1.165, 1.54) is 4.68 Å². The molecule has 1 amide bonds. The van der Waals surface area contributed by atoms with Gasteiger partial charge >= 0.3 is 6.18 Å². The Balaban J connectivity index is 1.53. The Morgan fingerprint density at radius 3 is 2.54 bits per heavy atom. The number of primary amides is 1. The highest BCUT2D eigenvalue weighted by atomic mass is 19.4. The minimum atomic E-state index is -4.69. The van der Waals surface area contributed by atoms with Crippen molar-refractivity contribution in [2.45, 2.75) is 44.3 Å². The first-order valence-corrected chi connectivity index (χ1v) is 12.9. The zero-order valence-corrected chi connectivity index (χ0v) is 21.0. The maximum Gasteiger partial charge on any atom is 0.435 e. The van der Waals surface area contributed by atoms with Crippen molar-refractivity contribution in [3.8, 4) is 16.8 Å². The molecule has 0 spiro atoms. The molecule has 0 atom stereocenters. The Morgan fingerprint density at radius 2 is 1.77 bits per heavy atom. The van der Waals surface area contributed by atoms with Gasteiger partial charge in [-0.2, -0.15) is 18.3 Å². The number of nitrogens with two attached hydrogens (primary N) is 1. The molecule has 2 aromatic heterocycles. The van der Waals surface area contributed by atoms with E-state index in [1.807, 2.05) is 30.3 Å². The molecule has 1 aliphatic carbocycles. The number of para-hydroxylation sites is 1. The van der Waals surface area contributed by atoms with Crippen molar-refractivity contribution < 1.29 is 18.0 Å². The van der Waals surface area contributed by atoms with Crippen molar-refractivity contribution in [1.82, 2.24) is 14.8 Å². The summed E-state index contributed by atoms with van der Waals surface area (Å²) in [5.74, 6) is -0.604. The smallest absolute Gasteiger partial charge is 0.382 e. The number of anilines is 1. The van der Waals surface area contributed by atoms with Gasteiger partial charge in [-0.05, 0) is 54.8 Å². The number of benzene rings is 3. The second kappa shape index (κ2) is 9.72. The predicted octanol–water partition coefficient (Wildman–Crippen LogP) is 7.10. The third-order valence-corrected chi connectivity index (χ3v) is 7.36. The largest absolute Gasteiger partial charge is 0.435 e. The first kappa shape index (κ1) is 24.9. The van der Waals surface area contributed by atoms with Crippen molar-refractivity contribution in [2.24, 2.45) is 5.73 Å². The molecular formula is C30H26F3N5O. The molecule has 1 fully saturated rings. The third-order valence-electron chi connectivity index (χ3n) is 7.36. The standard InChI is InChI=1S/C30H26F3N5O/c31-30(32,33)28-27-22(19-15-18-7-4-5-11-24(18)35-17-19)10-6-12-26(27)38(37-28)21-13-14-23(29(34)39)25(16-21)36-20-8-2-1-3-9-20/h4-7,10-17,20,36H,1-3,8-9H2,(H2,34,39). The van der Waals surface area contributed by atoms with Gasteiger partial charge in [0.05, 0.1) is 22.3 Å². The lowest BCUT2D eigenvalue weighted by Gasteiger charge is -2.25. The van der Waals surface area contributed by atoms with E-state index in [4.69, 9.17) is 5.73 Å². The molecule has 0 unspecified atom stereocenters. The summed E-state index contributed by atoms with van der Waals surface area (Å²) in [5, 5.41) is 8.29. The maximum atomic E-state index is 14.4. The van der Waals surface area contributed by atoms with E-state index in [-0.39, 0.29) is 11.4 Å². The summed E-state index contributed by atoms with van der Waals surface area (Å²) in [4.78, 5) is 16.6. The number of alkyl halides is 3. The van der Waals surface area contributed by atoms with Gasteiger partial charge in [-0.1, -0.05) is 49.6 Å². The second-order valence-corrected chi connectivity index (χ2v) is 9.95. The highest BCUT2D eigenvalue weighted by Gasteiger charge is 2.38. The number of halogens is 3. The van der Waals surface area contributed by atoms with Gasteiger partial charge in [-0.25, -0.2) is 4.68 Å². The number of aromatic nitrogens is 3. The molecule has 2 heterocycles. The Morgan fingerprint density at radius 1 is 0.974 bits per heavy atom. The summed E-state index contributed by atoms with van der Waals surface area (Å²) in [6.07, 6.45) is 2.12. The van der Waals surface area contributed by atoms with Crippen LogP contribution in [0.5, 0.6) is 0 Å². The SMILES string of the molecule is NC(=O)c1ccc(-n2nc(C(F)(F)F)c3c(-c4cnc5ccccc5c4)cccc32)cc1NC1CCCCC1. The summed E-state index contributed by atoms with van der Waals surface area (Å²) >= 11 is 0. The fourth-order valence-electron chi connectivity index (χ4n) is 5.49. The summed E-state index contributed by atoms with van der Waals surface area (Å²) in [5.41, 5.74) is 7.83. The molecule has 39 heavy (non-hydrogen) atoms. The van der Waals surface area contributed by atoms with Gasteiger partial charge in [-0.15, -0.1) is 0 Å². The summed E-state index contributed by atoms with van der Waals surface area (Å²) in [6.45, 7) is 0. The minimum Gasteiger partial charge on any atom is -0.382 e. The molecule has 0 radical (unpaired) electrons. The number of hydrogen-bond acceptors (Lipinski definition) is 4. The zero-order chi connectivity index (χ0) is 27.1. The van der Waals surface area contributed by atoms with Crippen LogP contribution >= 0.6 is 0 Å². The zero-order valence-electron chi connectivity index (χ0n) is 21.0. The van der Waals surface area contributed by atoms with Crippen molar-refractivity contribution >= 4 is 33.4 Å². The van der Waals surface area contributed by atoms with Crippen LogP contribution in [0.2, 0.25) is 0 Å². The molecule has 198 valence electrons. The van der Waals surface area contributed by atoms with Gasteiger partial charge in [0.1, 0.15) is 0 Å². The first-order valence-electron chi connectivity index (χ1n) is 12.9. The van der Waals surface area contributed by atoms with Crippen LogP contribution in [0.15, 0.2) is 72.9 Å². The number of carbonyl (C=O) groups excluding carboxylic acids is 1. The van der Waals surface area contributed by atoms with E-state index in [2.05, 4.69) is 15.4 Å². The van der Waals surface area contributed by atoms with E-state index in [1.54, 1.807) is 42.6 Å². The van der Waals surface area contributed by atoms with Gasteiger partial charge in [0.15, 0.2) is 5.69 Å². The lowest BCUT2D eigenvalue weighted by atomic mass is 9.95. The number of nitrogens with one attached hydrogen (secondary N) is 1. The third kappa shape index (κ3) is 4.69. The van der Waals surface area contributed by atoms with Crippen LogP contribution in [-0.2, 0) is 6.18 Å². The Bertz CT molecular complexity index is 1700. The van der Waals surface area contributed by atoms with Crippen LogP contribution in [0.4, 0.5) is 18.9 Å². The Hall–Kier alpha value is -4.40. The van der Waals surface area contributed by atoms with Crippen LogP contribution in [-0.4, -0.2) is 26.7 Å². The molecule has 3 aromatic carbocycles. The molecular weight excluding hydrogens is 503 g/mol. The molecule has 1 aliphatic rings. The number of rotatable bonds is 5. The van der Waals surface area contributed by atoms with Crippen LogP contribution in [0.3, 0.4) is 0 Å². The van der Waals surface area contributed by atoms with Crippen LogP contribution < -0.4 is 11.1 Å². The predicted molar refractivity (Wildman–Crippen MR) is 146 cm³/mol. The normalized spacial score (nSPS) is 14.6. The summed E-state index contributed by atoms with van der Waals surface area (Å²) in [6, 6.07) is 19.2. The molecule has 0 saturated heterocycles. The molecule has 6 rings (SSSR count). The molecule has 3 N–H and O–H groups in total. The quantitative estimate of drug-likeness (QED) is 0.254. The number of hydrogen-bond donors (Lipinski definition) is 2. The number of fused-ring (bicyclic) bond motifs is 2. The van der Waals surface area contributed by atoms with E-state index in [0.717, 1.165) is 43.0 Å². The monoisotopic (exact) mass is 529 g/mol. The molecule has 0 aliphatic heterocycles. The number of nitrogens with zero attached hydrogens (tertiary/aromatic N) is 3. The maximum absolute atomic E-state index is 14.4. The van der Waals surface area contributed by atoms with E-state index < -0.39 is 17.8 Å². The number of pyridine rings is 1. The molecule has 9 heteroatoms. The molecule has 0 bridgehead atoms. The highest BCUT2D eigenvalue weighted by molar-refractivity contribution is 6.01. The highest BCUT2D eigenvalue weighted by Crippen LogP contribution is 2.40. The topological polar surface area (TPSA) is 85.8 Å². The van der Waals surface area contributed by atoms with Crippen molar-refractivity contribution in [3.05, 3.63) is 84.2 Å². The Labute approximate surface area is 222 Å². The van der Waals surface area contributed by atoms with Gasteiger partial charge in [0, 0.05) is 34.3 Å². The van der Waals surface area contributed by atoms with Crippen molar-refractivity contribution in [3.63, 3.8) is 0 Å². The molecule has 5 aromatic rings. The number of amides is 1. The first-order chi connectivity index (χ1) is 18.8. The lowest BCUT2D eigenvalue weighted by Crippen LogP contribution is -2.24. The van der Waals surface area contributed by atoms with E-state index in [0.29, 0.717) is 33.6 Å². The van der Waals surface area contributed by atoms with E-state index in [9.17, 15) is 18.0 Å².